The standard InChI is InChI=1S/C28H22ClN3O5S2/c1-36-21-13-12-17(16-22(21)37-2)32(27(33)19-10-6-7-11-20(19)29)28-31-26-23(38-28)14-15-24(25(26)30)39(34,35)18-8-4-3-5-9-18/h3-16H,30H2,1-2H3. The van der Waals surface area contributed by atoms with Gasteiger partial charge in [-0.25, -0.2) is 13.4 Å². The first-order valence-corrected chi connectivity index (χ1v) is 14.2. The normalized spacial score (nSPS) is 11.4. The number of methoxy groups -OCH3 is 2. The summed E-state index contributed by atoms with van der Waals surface area (Å²) in [7, 11) is -0.884. The highest BCUT2D eigenvalue weighted by atomic mass is 35.5. The number of amides is 1. The number of thiazole rings is 1. The molecule has 0 saturated heterocycles. The third-order valence-electron chi connectivity index (χ3n) is 6.02. The summed E-state index contributed by atoms with van der Waals surface area (Å²) >= 11 is 7.57. The molecule has 5 aromatic rings. The Balaban J connectivity index is 1.69. The van der Waals surface area contributed by atoms with Gasteiger partial charge in [-0.15, -0.1) is 0 Å². The maximum Gasteiger partial charge on any atom is 0.266 e. The number of nitrogen functional groups attached to an aromatic ring is 1. The van der Waals surface area contributed by atoms with E-state index in [1.165, 1.54) is 48.7 Å². The van der Waals surface area contributed by atoms with E-state index in [0.29, 0.717) is 21.9 Å². The molecule has 1 aromatic heterocycles. The first-order chi connectivity index (χ1) is 18.8. The summed E-state index contributed by atoms with van der Waals surface area (Å²) in [5.41, 5.74) is 7.35. The Morgan fingerprint density at radius 2 is 1.62 bits per heavy atom. The third kappa shape index (κ3) is 4.78. The predicted molar refractivity (Wildman–Crippen MR) is 153 cm³/mol. The number of halogens is 1. The number of anilines is 3. The van der Waals surface area contributed by atoms with E-state index in [0.717, 1.165) is 0 Å². The molecule has 0 fully saturated rings. The van der Waals surface area contributed by atoms with Crippen LogP contribution < -0.4 is 20.1 Å². The minimum atomic E-state index is -3.89. The average Bonchev–Trinajstić information content (AvgIpc) is 3.38. The van der Waals surface area contributed by atoms with Crippen LogP contribution in [-0.2, 0) is 9.84 Å². The highest BCUT2D eigenvalue weighted by Crippen LogP contribution is 2.41. The number of carbonyl (C=O) groups is 1. The maximum absolute atomic E-state index is 13.9. The van der Waals surface area contributed by atoms with Gasteiger partial charge in [-0.3, -0.25) is 9.69 Å². The Hall–Kier alpha value is -4.12. The second-order valence-corrected chi connectivity index (χ2v) is 11.6. The lowest BCUT2D eigenvalue weighted by Gasteiger charge is -2.22. The van der Waals surface area contributed by atoms with Crippen LogP contribution in [0, 0.1) is 0 Å². The molecule has 4 aromatic carbocycles. The van der Waals surface area contributed by atoms with Crippen LogP contribution in [0.4, 0.5) is 16.5 Å². The molecule has 0 spiro atoms. The number of hydrogen-bond donors (Lipinski definition) is 1. The van der Waals surface area contributed by atoms with Crippen molar-refractivity contribution in [2.45, 2.75) is 9.79 Å². The molecule has 2 N–H and O–H groups in total. The third-order valence-corrected chi connectivity index (χ3v) is 9.18. The molecule has 198 valence electrons. The molecule has 0 aliphatic rings. The zero-order valence-corrected chi connectivity index (χ0v) is 23.2. The van der Waals surface area contributed by atoms with E-state index < -0.39 is 15.7 Å². The van der Waals surface area contributed by atoms with Crippen LogP contribution in [0.25, 0.3) is 10.2 Å². The molecular weight excluding hydrogens is 558 g/mol. The lowest BCUT2D eigenvalue weighted by atomic mass is 10.1. The highest BCUT2D eigenvalue weighted by molar-refractivity contribution is 7.91. The van der Waals surface area contributed by atoms with Crippen LogP contribution in [0.1, 0.15) is 10.4 Å². The number of nitrogens with zero attached hydrogens (tertiary/aromatic N) is 2. The van der Waals surface area contributed by atoms with Gasteiger partial charge in [-0.05, 0) is 48.5 Å². The van der Waals surface area contributed by atoms with Gasteiger partial charge in [0.2, 0.25) is 9.84 Å². The lowest BCUT2D eigenvalue weighted by Crippen LogP contribution is -2.26. The summed E-state index contributed by atoms with van der Waals surface area (Å²) < 4.78 is 38.0. The first kappa shape index (κ1) is 26.5. The molecule has 0 bridgehead atoms. The quantitative estimate of drug-likeness (QED) is 0.223. The Kier molecular flexibility index (Phi) is 7.17. The Morgan fingerprint density at radius 1 is 0.923 bits per heavy atom. The number of benzene rings is 4. The van der Waals surface area contributed by atoms with Crippen molar-refractivity contribution in [3.8, 4) is 11.5 Å². The van der Waals surface area contributed by atoms with Crippen molar-refractivity contribution >= 4 is 65.4 Å². The van der Waals surface area contributed by atoms with Gasteiger partial charge in [0.25, 0.3) is 5.91 Å². The minimum absolute atomic E-state index is 0.00342. The van der Waals surface area contributed by atoms with E-state index in [2.05, 4.69) is 4.98 Å². The molecule has 8 nitrogen and oxygen atoms in total. The average molecular weight is 580 g/mol. The number of fused-ring (bicyclic) bond motifs is 1. The second kappa shape index (κ2) is 10.6. The predicted octanol–water partition coefficient (Wildman–Crippen LogP) is 6.36. The van der Waals surface area contributed by atoms with Crippen LogP contribution in [-0.4, -0.2) is 33.5 Å². The van der Waals surface area contributed by atoms with Crippen molar-refractivity contribution in [1.29, 1.82) is 0 Å². The molecule has 11 heteroatoms. The van der Waals surface area contributed by atoms with Gasteiger partial charge in [-0.1, -0.05) is 53.3 Å². The lowest BCUT2D eigenvalue weighted by molar-refractivity contribution is 0.0999. The maximum atomic E-state index is 13.9. The molecule has 0 atom stereocenters. The first-order valence-electron chi connectivity index (χ1n) is 11.6. The van der Waals surface area contributed by atoms with Crippen molar-refractivity contribution < 1.29 is 22.7 Å². The zero-order valence-electron chi connectivity index (χ0n) is 20.8. The number of hydrogen-bond acceptors (Lipinski definition) is 8. The largest absolute Gasteiger partial charge is 0.493 e. The molecule has 1 heterocycles. The molecule has 0 aliphatic carbocycles. The SMILES string of the molecule is COc1ccc(N(C(=O)c2ccccc2Cl)c2nc3c(N)c(S(=O)(=O)c4ccccc4)ccc3s2)cc1OC. The second-order valence-electron chi connectivity index (χ2n) is 8.30. The van der Waals surface area contributed by atoms with E-state index in [9.17, 15) is 13.2 Å². The monoisotopic (exact) mass is 579 g/mol. The van der Waals surface area contributed by atoms with Crippen molar-refractivity contribution in [2.75, 3.05) is 24.9 Å². The summed E-state index contributed by atoms with van der Waals surface area (Å²) in [4.78, 5) is 20.0. The highest BCUT2D eigenvalue weighted by Gasteiger charge is 2.28. The molecule has 0 unspecified atom stereocenters. The van der Waals surface area contributed by atoms with Crippen molar-refractivity contribution in [3.63, 3.8) is 0 Å². The summed E-state index contributed by atoms with van der Waals surface area (Å²) in [6, 6.07) is 22.8. The molecule has 5 rings (SSSR count). The number of sulfone groups is 1. The zero-order chi connectivity index (χ0) is 27.7. The topological polar surface area (TPSA) is 112 Å². The number of rotatable bonds is 7. The summed E-state index contributed by atoms with van der Waals surface area (Å²) in [6.07, 6.45) is 0. The number of nitrogens with two attached hydrogens (primary N) is 1. The molecule has 1 amide bonds. The van der Waals surface area contributed by atoms with Gasteiger partial charge in [-0.2, -0.15) is 0 Å². The van der Waals surface area contributed by atoms with Crippen LogP contribution in [0.2, 0.25) is 5.02 Å². The van der Waals surface area contributed by atoms with E-state index >= 15 is 0 Å². The van der Waals surface area contributed by atoms with Crippen molar-refractivity contribution in [2.24, 2.45) is 0 Å². The minimum Gasteiger partial charge on any atom is -0.493 e. The van der Waals surface area contributed by atoms with Gasteiger partial charge in [0, 0.05) is 6.07 Å². The Bertz CT molecular complexity index is 1810. The van der Waals surface area contributed by atoms with Gasteiger partial charge in [0.1, 0.15) is 5.52 Å². The Labute approximate surface area is 234 Å². The van der Waals surface area contributed by atoms with E-state index in [4.69, 9.17) is 26.8 Å². The van der Waals surface area contributed by atoms with Gasteiger partial charge in [0.15, 0.2) is 16.6 Å². The fourth-order valence-electron chi connectivity index (χ4n) is 4.07. The summed E-state index contributed by atoms with van der Waals surface area (Å²) in [5, 5.41) is 0.535. The van der Waals surface area contributed by atoms with Crippen LogP contribution in [0.5, 0.6) is 11.5 Å². The molecule has 0 aliphatic heterocycles. The van der Waals surface area contributed by atoms with Gasteiger partial charge >= 0.3 is 0 Å². The van der Waals surface area contributed by atoms with Gasteiger partial charge < -0.3 is 15.2 Å². The summed E-state index contributed by atoms with van der Waals surface area (Å²) in [5.74, 6) is 0.446. The van der Waals surface area contributed by atoms with Crippen molar-refractivity contribution in [1.82, 2.24) is 4.98 Å². The smallest absolute Gasteiger partial charge is 0.266 e. The number of aromatic nitrogens is 1. The van der Waals surface area contributed by atoms with E-state index in [-0.39, 0.29) is 36.7 Å². The van der Waals surface area contributed by atoms with E-state index in [1.807, 2.05) is 0 Å². The van der Waals surface area contributed by atoms with Crippen LogP contribution in [0.15, 0.2) is 94.7 Å². The summed E-state index contributed by atoms with van der Waals surface area (Å²) in [6.45, 7) is 0. The number of ether oxygens (including phenoxy) is 2. The molecular formula is C28H22ClN3O5S2. The molecule has 0 saturated carbocycles. The number of carbonyl (C=O) groups excluding carboxylic acids is 1. The van der Waals surface area contributed by atoms with Gasteiger partial charge in [0.05, 0.1) is 50.7 Å². The van der Waals surface area contributed by atoms with Crippen molar-refractivity contribution in [3.05, 3.63) is 95.5 Å². The van der Waals surface area contributed by atoms with Crippen LogP contribution in [0.3, 0.4) is 0 Å². The molecule has 0 radical (unpaired) electrons. The fraction of sp³-hybridized carbons (Fsp3) is 0.0714. The van der Waals surface area contributed by atoms with E-state index in [1.54, 1.807) is 66.7 Å². The molecule has 39 heavy (non-hydrogen) atoms. The fourth-order valence-corrected chi connectivity index (χ4v) is 6.70. The van der Waals surface area contributed by atoms with Crippen LogP contribution >= 0.6 is 22.9 Å². The Morgan fingerprint density at radius 3 is 2.31 bits per heavy atom.